The van der Waals surface area contributed by atoms with Gasteiger partial charge in [0, 0.05) is 19.2 Å². The summed E-state index contributed by atoms with van der Waals surface area (Å²) in [5.74, 6) is 0.0648. The normalized spacial score (nSPS) is 16.4. The Morgan fingerprint density at radius 1 is 1.23 bits per heavy atom. The Kier molecular flexibility index (Phi) is 4.89. The van der Waals surface area contributed by atoms with Crippen LogP contribution in [0.5, 0.6) is 0 Å². The largest absolute Gasteiger partial charge is 0.332 e. The summed E-state index contributed by atoms with van der Waals surface area (Å²) < 4.78 is 18.6. The van der Waals surface area contributed by atoms with Gasteiger partial charge >= 0.3 is 5.69 Å². The van der Waals surface area contributed by atoms with Crippen molar-refractivity contribution in [2.45, 2.75) is 39.9 Å². The molecule has 0 aliphatic carbocycles. The lowest BCUT2D eigenvalue weighted by atomic mass is 10.2. The average Bonchev–Trinajstić information content (AvgIpc) is 3.13. The minimum absolute atomic E-state index is 0.154. The number of fused-ring (bicyclic) bond motifs is 3. The first kappa shape index (κ1) is 19.8. The van der Waals surface area contributed by atoms with Crippen molar-refractivity contribution in [2.75, 3.05) is 5.01 Å². The van der Waals surface area contributed by atoms with E-state index in [0.717, 1.165) is 5.71 Å². The molecule has 156 valence electrons. The van der Waals surface area contributed by atoms with Crippen LogP contribution in [-0.4, -0.2) is 24.4 Å². The van der Waals surface area contributed by atoms with Crippen molar-refractivity contribution in [3.63, 3.8) is 0 Å². The number of halogens is 1. The van der Waals surface area contributed by atoms with Crippen LogP contribution in [0, 0.1) is 5.82 Å². The number of anilines is 1. The zero-order valence-electron chi connectivity index (χ0n) is 17.3. The van der Waals surface area contributed by atoms with Gasteiger partial charge in [-0.05, 0) is 26.8 Å². The lowest BCUT2D eigenvalue weighted by Gasteiger charge is -2.29. The fourth-order valence-electron chi connectivity index (χ4n) is 3.65. The third-order valence-corrected chi connectivity index (χ3v) is 5.46. The molecule has 0 saturated heterocycles. The van der Waals surface area contributed by atoms with E-state index >= 15 is 0 Å². The van der Waals surface area contributed by atoms with E-state index in [1.54, 1.807) is 47.0 Å². The van der Waals surface area contributed by atoms with Gasteiger partial charge < -0.3 is 0 Å². The highest BCUT2D eigenvalue weighted by Gasteiger charge is 2.30. The molecule has 9 heteroatoms. The molecule has 30 heavy (non-hydrogen) atoms. The van der Waals surface area contributed by atoms with Gasteiger partial charge in [-0.3, -0.25) is 18.5 Å². The molecular weight excluding hydrogens is 387 g/mol. The van der Waals surface area contributed by atoms with Crippen molar-refractivity contribution in [3.8, 4) is 0 Å². The number of imidazole rings is 1. The summed E-state index contributed by atoms with van der Waals surface area (Å²) in [5, 5.41) is 6.16. The Bertz CT molecular complexity index is 1310. The fraction of sp³-hybridized carbons (Fsp3) is 0.333. The van der Waals surface area contributed by atoms with Crippen LogP contribution in [-0.2, 0) is 20.1 Å². The standard InChI is InChI=1S/C21H23FN6O2/c1-5-6-11-26-19(29)17-18(25(4)21(26)30)23-20-27(24-13(2)14(3)28(17)20)12-15-9-7-8-10-16(15)22/h5-10,14H,11-12H2,1-4H3/b6-5+/t14-/m1/s1. The lowest BCUT2D eigenvalue weighted by Crippen LogP contribution is -2.40. The predicted octanol–water partition coefficient (Wildman–Crippen LogP) is 2.57. The second-order valence-corrected chi connectivity index (χ2v) is 7.35. The lowest BCUT2D eigenvalue weighted by molar-refractivity contribution is 0.591. The molecule has 1 aromatic carbocycles. The number of benzene rings is 1. The first-order valence-corrected chi connectivity index (χ1v) is 9.74. The van der Waals surface area contributed by atoms with Gasteiger partial charge in [0.25, 0.3) is 5.56 Å². The van der Waals surface area contributed by atoms with Gasteiger partial charge in [-0.15, -0.1) is 0 Å². The van der Waals surface area contributed by atoms with Crippen molar-refractivity contribution in [1.82, 2.24) is 18.7 Å². The molecular formula is C21H23FN6O2. The molecule has 1 aliphatic rings. The summed E-state index contributed by atoms with van der Waals surface area (Å²) >= 11 is 0. The molecule has 1 aliphatic heterocycles. The van der Waals surface area contributed by atoms with Crippen LogP contribution in [0.3, 0.4) is 0 Å². The Hall–Kier alpha value is -3.49. The average molecular weight is 410 g/mol. The molecule has 0 N–H and O–H groups in total. The topological polar surface area (TPSA) is 77.4 Å². The van der Waals surface area contributed by atoms with E-state index in [1.165, 1.54) is 15.2 Å². The van der Waals surface area contributed by atoms with Crippen molar-refractivity contribution in [1.29, 1.82) is 0 Å². The highest BCUT2D eigenvalue weighted by molar-refractivity contribution is 5.91. The predicted molar refractivity (Wildman–Crippen MR) is 114 cm³/mol. The number of aromatic nitrogens is 4. The van der Waals surface area contributed by atoms with E-state index in [1.807, 2.05) is 20.8 Å². The van der Waals surface area contributed by atoms with E-state index < -0.39 is 11.2 Å². The highest BCUT2D eigenvalue weighted by Crippen LogP contribution is 2.31. The first-order valence-electron chi connectivity index (χ1n) is 9.74. The number of allylic oxidation sites excluding steroid dienone is 2. The van der Waals surface area contributed by atoms with Crippen LogP contribution >= 0.6 is 0 Å². The Balaban J connectivity index is 1.96. The third-order valence-electron chi connectivity index (χ3n) is 5.46. The molecule has 4 rings (SSSR count). The highest BCUT2D eigenvalue weighted by atomic mass is 19.1. The maximum absolute atomic E-state index is 14.2. The van der Waals surface area contributed by atoms with Crippen molar-refractivity contribution < 1.29 is 4.39 Å². The molecule has 0 spiro atoms. The van der Waals surface area contributed by atoms with Gasteiger partial charge in [0.05, 0.1) is 18.3 Å². The molecule has 2 aromatic heterocycles. The minimum Gasteiger partial charge on any atom is -0.294 e. The van der Waals surface area contributed by atoms with Crippen molar-refractivity contribution in [3.05, 3.63) is 68.6 Å². The van der Waals surface area contributed by atoms with Gasteiger partial charge in [0.15, 0.2) is 11.2 Å². The summed E-state index contributed by atoms with van der Waals surface area (Å²) in [4.78, 5) is 30.6. The quantitative estimate of drug-likeness (QED) is 0.620. The molecule has 0 unspecified atom stereocenters. The van der Waals surface area contributed by atoms with Crippen LogP contribution in [0.25, 0.3) is 11.2 Å². The number of rotatable bonds is 4. The van der Waals surface area contributed by atoms with Gasteiger partial charge in [0.2, 0.25) is 5.95 Å². The van der Waals surface area contributed by atoms with Crippen LogP contribution in [0.2, 0.25) is 0 Å². The Morgan fingerprint density at radius 3 is 2.67 bits per heavy atom. The smallest absolute Gasteiger partial charge is 0.294 e. The van der Waals surface area contributed by atoms with E-state index in [0.29, 0.717) is 17.0 Å². The third kappa shape index (κ3) is 2.97. The number of hydrogen-bond acceptors (Lipinski definition) is 5. The fourth-order valence-corrected chi connectivity index (χ4v) is 3.65. The SMILES string of the molecule is C/C=C/Cn1c(=O)c2c(nc3n2[C@H](C)C(C)=NN3Cc2ccccc2F)n(C)c1=O. The summed E-state index contributed by atoms with van der Waals surface area (Å²) in [6, 6.07) is 6.23. The monoisotopic (exact) mass is 410 g/mol. The van der Waals surface area contributed by atoms with E-state index in [2.05, 4.69) is 10.1 Å². The molecule has 0 radical (unpaired) electrons. The van der Waals surface area contributed by atoms with Gasteiger partial charge in [-0.1, -0.05) is 30.4 Å². The van der Waals surface area contributed by atoms with Crippen LogP contribution in [0.4, 0.5) is 10.3 Å². The van der Waals surface area contributed by atoms with E-state index in [9.17, 15) is 14.0 Å². The zero-order chi connectivity index (χ0) is 21.6. The van der Waals surface area contributed by atoms with Crippen LogP contribution in [0.15, 0.2) is 51.1 Å². The summed E-state index contributed by atoms with van der Waals surface area (Å²) in [5.41, 5.74) is 0.987. The van der Waals surface area contributed by atoms with E-state index in [4.69, 9.17) is 0 Å². The molecule has 0 bridgehead atoms. The summed E-state index contributed by atoms with van der Waals surface area (Å²) in [7, 11) is 1.59. The molecule has 3 heterocycles. The zero-order valence-corrected chi connectivity index (χ0v) is 17.3. The minimum atomic E-state index is -0.438. The Labute approximate surface area is 172 Å². The Morgan fingerprint density at radius 2 is 1.97 bits per heavy atom. The van der Waals surface area contributed by atoms with Crippen molar-refractivity contribution >= 4 is 22.8 Å². The molecule has 1 atom stereocenters. The maximum Gasteiger partial charge on any atom is 0.332 e. The number of aryl methyl sites for hydroxylation is 1. The maximum atomic E-state index is 14.2. The van der Waals surface area contributed by atoms with Crippen LogP contribution < -0.4 is 16.3 Å². The van der Waals surface area contributed by atoms with Crippen LogP contribution in [0.1, 0.15) is 32.4 Å². The molecule has 3 aromatic rings. The van der Waals surface area contributed by atoms with Gasteiger partial charge in [0.1, 0.15) is 5.82 Å². The number of nitrogens with zero attached hydrogens (tertiary/aromatic N) is 6. The second kappa shape index (κ2) is 7.40. The van der Waals surface area contributed by atoms with E-state index in [-0.39, 0.29) is 30.6 Å². The molecule has 0 saturated carbocycles. The van der Waals surface area contributed by atoms with Gasteiger partial charge in [-0.2, -0.15) is 10.1 Å². The number of hydrazone groups is 1. The summed E-state index contributed by atoms with van der Waals surface area (Å²) in [6.07, 6.45) is 3.54. The number of hydrogen-bond donors (Lipinski definition) is 0. The van der Waals surface area contributed by atoms with Crippen molar-refractivity contribution in [2.24, 2.45) is 12.1 Å². The molecule has 0 fully saturated rings. The summed E-state index contributed by atoms with van der Waals surface area (Å²) in [6.45, 7) is 5.94. The first-order chi connectivity index (χ1) is 14.3. The van der Waals surface area contributed by atoms with Gasteiger partial charge in [-0.25, -0.2) is 14.2 Å². The molecule has 8 nitrogen and oxygen atoms in total. The molecule has 0 amide bonds. The second-order valence-electron chi connectivity index (χ2n) is 7.35.